The van der Waals surface area contributed by atoms with E-state index in [1.807, 2.05) is 12.1 Å². The van der Waals surface area contributed by atoms with Crippen LogP contribution >= 0.6 is 27.5 Å². The fraction of sp³-hybridized carbons (Fsp3) is 0.143. The number of nitrogens with zero attached hydrogens (tertiary/aromatic N) is 1. The van der Waals surface area contributed by atoms with Crippen LogP contribution in [0.15, 0.2) is 40.9 Å². The Kier molecular flexibility index (Phi) is 5.17. The Morgan fingerprint density at radius 1 is 1.24 bits per heavy atom. The SMILES string of the molecule is NCc1cc([N+](=O)[O-])ccc1OCc1ccc(Br)cc1Cl. The molecule has 0 amide bonds. The van der Waals surface area contributed by atoms with Crippen molar-refractivity contribution in [2.45, 2.75) is 13.2 Å². The van der Waals surface area contributed by atoms with Gasteiger partial charge in [0.15, 0.2) is 0 Å². The zero-order valence-electron chi connectivity index (χ0n) is 10.9. The summed E-state index contributed by atoms with van der Waals surface area (Å²) >= 11 is 9.44. The first kappa shape index (κ1) is 15.8. The smallest absolute Gasteiger partial charge is 0.270 e. The molecule has 0 spiro atoms. The molecule has 0 aliphatic carbocycles. The second-order valence-electron chi connectivity index (χ2n) is 4.28. The minimum absolute atomic E-state index is 0.00975. The molecule has 0 bridgehead atoms. The maximum atomic E-state index is 10.7. The number of hydrogen-bond donors (Lipinski definition) is 1. The summed E-state index contributed by atoms with van der Waals surface area (Å²) in [6.45, 7) is 0.419. The Labute approximate surface area is 134 Å². The molecule has 0 aliphatic rings. The summed E-state index contributed by atoms with van der Waals surface area (Å²) in [6.07, 6.45) is 0. The molecule has 0 atom stereocenters. The van der Waals surface area contributed by atoms with Gasteiger partial charge in [0, 0.05) is 39.3 Å². The highest BCUT2D eigenvalue weighted by Crippen LogP contribution is 2.27. The van der Waals surface area contributed by atoms with Gasteiger partial charge in [-0.2, -0.15) is 0 Å². The fourth-order valence-electron chi connectivity index (χ4n) is 1.77. The van der Waals surface area contributed by atoms with E-state index in [4.69, 9.17) is 22.1 Å². The van der Waals surface area contributed by atoms with Crippen LogP contribution < -0.4 is 10.5 Å². The van der Waals surface area contributed by atoms with Crippen LogP contribution in [0.1, 0.15) is 11.1 Å². The maximum absolute atomic E-state index is 10.7. The highest BCUT2D eigenvalue weighted by Gasteiger charge is 2.11. The highest BCUT2D eigenvalue weighted by atomic mass is 79.9. The monoisotopic (exact) mass is 370 g/mol. The van der Waals surface area contributed by atoms with Gasteiger partial charge >= 0.3 is 0 Å². The Morgan fingerprint density at radius 3 is 2.62 bits per heavy atom. The van der Waals surface area contributed by atoms with Crippen molar-refractivity contribution in [3.8, 4) is 5.75 Å². The lowest BCUT2D eigenvalue weighted by Gasteiger charge is -2.11. The molecule has 0 unspecified atom stereocenters. The third-order valence-electron chi connectivity index (χ3n) is 2.87. The molecule has 0 aliphatic heterocycles. The summed E-state index contributed by atoms with van der Waals surface area (Å²) in [4.78, 5) is 10.3. The first-order valence-corrected chi connectivity index (χ1v) is 7.22. The average Bonchev–Trinajstić information content (AvgIpc) is 2.46. The van der Waals surface area contributed by atoms with E-state index in [1.54, 1.807) is 12.1 Å². The number of nitro benzene ring substituents is 1. The first-order valence-electron chi connectivity index (χ1n) is 6.05. The van der Waals surface area contributed by atoms with Gasteiger partial charge in [-0.3, -0.25) is 10.1 Å². The second kappa shape index (κ2) is 6.89. The van der Waals surface area contributed by atoms with Crippen molar-refractivity contribution >= 4 is 33.2 Å². The van der Waals surface area contributed by atoms with E-state index in [2.05, 4.69) is 15.9 Å². The van der Waals surface area contributed by atoms with E-state index < -0.39 is 4.92 Å². The average molecular weight is 372 g/mol. The molecule has 5 nitrogen and oxygen atoms in total. The van der Waals surface area contributed by atoms with Gasteiger partial charge in [0.05, 0.1) is 4.92 Å². The summed E-state index contributed by atoms with van der Waals surface area (Å²) in [5.74, 6) is 0.516. The van der Waals surface area contributed by atoms with Crippen molar-refractivity contribution in [1.82, 2.24) is 0 Å². The largest absolute Gasteiger partial charge is 0.489 e. The number of benzene rings is 2. The lowest BCUT2D eigenvalue weighted by atomic mass is 10.1. The predicted octanol–water partition coefficient (Wildman–Crippen LogP) is 4.05. The van der Waals surface area contributed by atoms with Crippen LogP contribution in [-0.4, -0.2) is 4.92 Å². The lowest BCUT2D eigenvalue weighted by molar-refractivity contribution is -0.384. The Hall–Kier alpha value is -1.63. The molecule has 0 radical (unpaired) electrons. The van der Waals surface area contributed by atoms with Crippen molar-refractivity contribution < 1.29 is 9.66 Å². The molecule has 110 valence electrons. The van der Waals surface area contributed by atoms with Crippen LogP contribution in [0.4, 0.5) is 5.69 Å². The molecule has 2 rings (SSSR count). The van der Waals surface area contributed by atoms with Gasteiger partial charge in [-0.25, -0.2) is 0 Å². The molecule has 7 heteroatoms. The number of non-ortho nitro benzene ring substituents is 1. The van der Waals surface area contributed by atoms with Gasteiger partial charge < -0.3 is 10.5 Å². The molecule has 21 heavy (non-hydrogen) atoms. The quantitative estimate of drug-likeness (QED) is 0.635. The lowest BCUT2D eigenvalue weighted by Crippen LogP contribution is -2.04. The van der Waals surface area contributed by atoms with E-state index in [1.165, 1.54) is 12.1 Å². The van der Waals surface area contributed by atoms with Crippen molar-refractivity contribution in [3.05, 3.63) is 67.1 Å². The van der Waals surface area contributed by atoms with E-state index in [9.17, 15) is 10.1 Å². The zero-order chi connectivity index (χ0) is 15.4. The van der Waals surface area contributed by atoms with Crippen LogP contribution in [0, 0.1) is 10.1 Å². The predicted molar refractivity (Wildman–Crippen MR) is 84.5 cm³/mol. The molecule has 0 saturated heterocycles. The number of hydrogen-bond acceptors (Lipinski definition) is 4. The van der Waals surface area contributed by atoms with Gasteiger partial charge in [0.2, 0.25) is 0 Å². The molecular formula is C14H12BrClN2O3. The molecule has 2 N–H and O–H groups in total. The van der Waals surface area contributed by atoms with Crippen molar-refractivity contribution in [2.24, 2.45) is 5.73 Å². The molecular weight excluding hydrogens is 360 g/mol. The maximum Gasteiger partial charge on any atom is 0.270 e. The number of rotatable bonds is 5. The Bertz CT molecular complexity index is 679. The topological polar surface area (TPSA) is 78.4 Å². The first-order chi connectivity index (χ1) is 10.0. The number of nitro groups is 1. The van der Waals surface area contributed by atoms with Gasteiger partial charge in [-0.15, -0.1) is 0 Å². The fourth-order valence-corrected chi connectivity index (χ4v) is 2.50. The highest BCUT2D eigenvalue weighted by molar-refractivity contribution is 9.10. The van der Waals surface area contributed by atoms with Gasteiger partial charge in [0.25, 0.3) is 5.69 Å². The minimum atomic E-state index is -0.464. The number of halogens is 2. The number of nitrogens with two attached hydrogens (primary N) is 1. The van der Waals surface area contributed by atoms with Gasteiger partial charge in [0.1, 0.15) is 12.4 Å². The Balaban J connectivity index is 2.17. The summed E-state index contributed by atoms with van der Waals surface area (Å²) in [7, 11) is 0. The van der Waals surface area contributed by atoms with Crippen LogP contribution in [0.2, 0.25) is 5.02 Å². The van der Waals surface area contributed by atoms with Gasteiger partial charge in [-0.1, -0.05) is 33.6 Å². The number of ether oxygens (including phenoxy) is 1. The third kappa shape index (κ3) is 3.93. The van der Waals surface area contributed by atoms with Crippen molar-refractivity contribution in [2.75, 3.05) is 0 Å². The van der Waals surface area contributed by atoms with Gasteiger partial charge in [-0.05, 0) is 18.2 Å². The van der Waals surface area contributed by atoms with Crippen LogP contribution in [0.25, 0.3) is 0 Å². The molecule has 0 fully saturated rings. The van der Waals surface area contributed by atoms with Crippen LogP contribution in [0.5, 0.6) is 5.75 Å². The zero-order valence-corrected chi connectivity index (χ0v) is 13.2. The Morgan fingerprint density at radius 2 is 2.00 bits per heavy atom. The summed E-state index contributed by atoms with van der Waals surface area (Å²) in [5, 5.41) is 11.3. The van der Waals surface area contributed by atoms with E-state index in [0.29, 0.717) is 16.3 Å². The standard InChI is InChI=1S/C14H12BrClN2O3/c15-11-2-1-9(13(16)6-11)8-21-14-4-3-12(18(19)20)5-10(14)7-17/h1-6H,7-8,17H2. The van der Waals surface area contributed by atoms with Crippen LogP contribution in [0.3, 0.4) is 0 Å². The third-order valence-corrected chi connectivity index (χ3v) is 3.72. The second-order valence-corrected chi connectivity index (χ2v) is 5.60. The molecule has 2 aromatic carbocycles. The normalized spacial score (nSPS) is 10.4. The minimum Gasteiger partial charge on any atom is -0.489 e. The van der Waals surface area contributed by atoms with E-state index in [0.717, 1.165) is 10.0 Å². The van der Waals surface area contributed by atoms with E-state index in [-0.39, 0.29) is 18.8 Å². The summed E-state index contributed by atoms with van der Waals surface area (Å²) in [5.41, 5.74) is 7.00. The van der Waals surface area contributed by atoms with Crippen molar-refractivity contribution in [1.29, 1.82) is 0 Å². The van der Waals surface area contributed by atoms with E-state index >= 15 is 0 Å². The molecule has 0 saturated carbocycles. The van der Waals surface area contributed by atoms with Crippen molar-refractivity contribution in [3.63, 3.8) is 0 Å². The summed E-state index contributed by atoms with van der Waals surface area (Å²) in [6, 6.07) is 9.84. The molecule has 0 aromatic heterocycles. The van der Waals surface area contributed by atoms with Crippen LogP contribution in [-0.2, 0) is 13.2 Å². The summed E-state index contributed by atoms with van der Waals surface area (Å²) < 4.78 is 6.55. The molecule has 0 heterocycles. The molecule has 2 aromatic rings.